The minimum Gasteiger partial charge on any atom is -0.506 e. The molecule has 0 bridgehead atoms. The summed E-state index contributed by atoms with van der Waals surface area (Å²) in [6.45, 7) is 3.21. The monoisotopic (exact) mass is 311 g/mol. The van der Waals surface area contributed by atoms with Gasteiger partial charge in [0.05, 0.1) is 18.9 Å². The molecule has 1 aromatic rings. The predicted octanol–water partition coefficient (Wildman–Crippen LogP) is 0.836. The molecule has 1 rings (SSSR count). The number of hydrogen-bond acceptors (Lipinski definition) is 7. The van der Waals surface area contributed by atoms with Gasteiger partial charge in [-0.1, -0.05) is 0 Å². The summed E-state index contributed by atoms with van der Waals surface area (Å²) in [4.78, 5) is 33.9. The van der Waals surface area contributed by atoms with Crippen LogP contribution in [0.4, 0.5) is 5.69 Å². The number of hydrogen-bond donors (Lipinski definition) is 2. The van der Waals surface area contributed by atoms with Gasteiger partial charge in [-0.25, -0.2) is 9.59 Å². The third-order valence-corrected chi connectivity index (χ3v) is 2.34. The highest BCUT2D eigenvalue weighted by atomic mass is 16.6. The van der Waals surface area contributed by atoms with E-state index < -0.39 is 17.8 Å². The topological polar surface area (TPSA) is 111 Å². The van der Waals surface area contributed by atoms with Crippen molar-refractivity contribution >= 4 is 23.5 Å². The molecule has 0 radical (unpaired) electrons. The standard InChI is InChI=1S/C14H17NO7/c1-3-20-12(17)8-22-9-5-6-11(16)10(7-9)15-13(18)14(19)21-4-2/h5-7,16H,3-4,8H2,1-2H3,(H,15,18). The molecule has 0 saturated heterocycles. The minimum absolute atomic E-state index is 0.0422. The average Bonchev–Trinajstić information content (AvgIpc) is 2.48. The smallest absolute Gasteiger partial charge is 0.397 e. The predicted molar refractivity (Wildman–Crippen MR) is 75.5 cm³/mol. The van der Waals surface area contributed by atoms with Crippen molar-refractivity contribution in [3.05, 3.63) is 18.2 Å². The molecule has 0 aliphatic heterocycles. The van der Waals surface area contributed by atoms with Crippen LogP contribution in [0.15, 0.2) is 18.2 Å². The van der Waals surface area contributed by atoms with Crippen molar-refractivity contribution in [3.8, 4) is 11.5 Å². The quantitative estimate of drug-likeness (QED) is 0.455. The highest BCUT2D eigenvalue weighted by Crippen LogP contribution is 2.28. The number of phenolic OH excluding ortho intramolecular Hbond substituents is 1. The van der Waals surface area contributed by atoms with Gasteiger partial charge in [0.25, 0.3) is 0 Å². The van der Waals surface area contributed by atoms with Gasteiger partial charge in [-0.15, -0.1) is 0 Å². The highest BCUT2D eigenvalue weighted by Gasteiger charge is 2.17. The summed E-state index contributed by atoms with van der Waals surface area (Å²) in [5.74, 6) is -2.70. The maximum atomic E-state index is 11.5. The fourth-order valence-corrected chi connectivity index (χ4v) is 1.42. The number of rotatable bonds is 6. The molecule has 0 fully saturated rings. The Morgan fingerprint density at radius 2 is 1.82 bits per heavy atom. The lowest BCUT2D eigenvalue weighted by atomic mass is 10.2. The first kappa shape index (κ1) is 17.3. The molecule has 22 heavy (non-hydrogen) atoms. The third kappa shape index (κ3) is 5.31. The van der Waals surface area contributed by atoms with Crippen LogP contribution in [-0.4, -0.2) is 42.8 Å². The van der Waals surface area contributed by atoms with Crippen molar-refractivity contribution < 1.29 is 33.7 Å². The summed E-state index contributed by atoms with van der Waals surface area (Å²) in [5.41, 5.74) is -0.0422. The number of carbonyl (C=O) groups is 3. The molecule has 2 N–H and O–H groups in total. The Kier molecular flexibility index (Phi) is 6.68. The Hall–Kier alpha value is -2.77. The third-order valence-electron chi connectivity index (χ3n) is 2.34. The molecule has 0 saturated carbocycles. The Morgan fingerprint density at radius 3 is 2.45 bits per heavy atom. The summed E-state index contributed by atoms with van der Waals surface area (Å²) < 4.78 is 14.4. The Balaban J connectivity index is 2.71. The minimum atomic E-state index is -1.07. The van der Waals surface area contributed by atoms with E-state index in [4.69, 9.17) is 9.47 Å². The van der Waals surface area contributed by atoms with Crippen LogP contribution in [0, 0.1) is 0 Å². The average molecular weight is 311 g/mol. The van der Waals surface area contributed by atoms with Crippen LogP contribution in [-0.2, 0) is 23.9 Å². The molecule has 0 unspecified atom stereocenters. The normalized spacial score (nSPS) is 9.73. The molecule has 120 valence electrons. The lowest BCUT2D eigenvalue weighted by molar-refractivity contribution is -0.152. The molecular weight excluding hydrogens is 294 g/mol. The molecule has 1 aromatic carbocycles. The first-order valence-electron chi connectivity index (χ1n) is 6.57. The number of carbonyl (C=O) groups excluding carboxylic acids is 3. The van der Waals surface area contributed by atoms with Crippen molar-refractivity contribution in [3.63, 3.8) is 0 Å². The van der Waals surface area contributed by atoms with Crippen LogP contribution in [0.3, 0.4) is 0 Å². The molecule has 0 spiro atoms. The summed E-state index contributed by atoms with van der Waals surface area (Å²) >= 11 is 0. The lowest BCUT2D eigenvalue weighted by Gasteiger charge is -2.10. The number of esters is 2. The van der Waals surface area contributed by atoms with Gasteiger partial charge >= 0.3 is 17.8 Å². The zero-order valence-electron chi connectivity index (χ0n) is 12.3. The van der Waals surface area contributed by atoms with Gasteiger partial charge in [0, 0.05) is 6.07 Å². The van der Waals surface area contributed by atoms with Crippen LogP contribution in [0.2, 0.25) is 0 Å². The highest BCUT2D eigenvalue weighted by molar-refractivity contribution is 6.37. The van der Waals surface area contributed by atoms with Crippen molar-refractivity contribution in [1.82, 2.24) is 0 Å². The second kappa shape index (κ2) is 8.50. The fraction of sp³-hybridized carbons (Fsp3) is 0.357. The van der Waals surface area contributed by atoms with Gasteiger partial charge in [0.1, 0.15) is 11.5 Å². The van der Waals surface area contributed by atoms with Gasteiger partial charge in [-0.2, -0.15) is 0 Å². The molecule has 8 heteroatoms. The maximum Gasteiger partial charge on any atom is 0.397 e. The van der Waals surface area contributed by atoms with Crippen LogP contribution >= 0.6 is 0 Å². The summed E-state index contributed by atoms with van der Waals surface area (Å²) in [6.07, 6.45) is 0. The van der Waals surface area contributed by atoms with Gasteiger partial charge in [-0.3, -0.25) is 4.79 Å². The van der Waals surface area contributed by atoms with Gasteiger partial charge in [0.2, 0.25) is 0 Å². The Bertz CT molecular complexity index is 556. The van der Waals surface area contributed by atoms with Crippen LogP contribution in [0.5, 0.6) is 11.5 Å². The fourth-order valence-electron chi connectivity index (χ4n) is 1.42. The molecule has 1 amide bonds. The zero-order valence-corrected chi connectivity index (χ0v) is 12.3. The number of ether oxygens (including phenoxy) is 3. The zero-order chi connectivity index (χ0) is 16.5. The van der Waals surface area contributed by atoms with Crippen LogP contribution in [0.25, 0.3) is 0 Å². The number of benzene rings is 1. The van der Waals surface area contributed by atoms with E-state index >= 15 is 0 Å². The molecule has 0 atom stereocenters. The van der Waals surface area contributed by atoms with Crippen molar-refractivity contribution in [2.24, 2.45) is 0 Å². The molecule has 0 aliphatic rings. The summed E-state index contributed by atoms with van der Waals surface area (Å²) in [7, 11) is 0. The molecule has 0 heterocycles. The van der Waals surface area contributed by atoms with E-state index in [1.807, 2.05) is 0 Å². The molecule has 0 aromatic heterocycles. The molecule has 0 aliphatic carbocycles. The van der Waals surface area contributed by atoms with Gasteiger partial charge < -0.3 is 24.6 Å². The van der Waals surface area contributed by atoms with E-state index in [9.17, 15) is 19.5 Å². The SMILES string of the molecule is CCOC(=O)COc1ccc(O)c(NC(=O)C(=O)OCC)c1. The lowest BCUT2D eigenvalue weighted by Crippen LogP contribution is -2.25. The van der Waals surface area contributed by atoms with E-state index in [2.05, 4.69) is 10.1 Å². The second-order valence-electron chi connectivity index (χ2n) is 3.95. The number of anilines is 1. The Labute approximate surface area is 127 Å². The van der Waals surface area contributed by atoms with E-state index in [-0.39, 0.29) is 37.0 Å². The molecule has 8 nitrogen and oxygen atoms in total. The van der Waals surface area contributed by atoms with Gasteiger partial charge in [-0.05, 0) is 26.0 Å². The van der Waals surface area contributed by atoms with E-state index in [0.29, 0.717) is 0 Å². The van der Waals surface area contributed by atoms with Gasteiger partial charge in [0.15, 0.2) is 6.61 Å². The second-order valence-corrected chi connectivity index (χ2v) is 3.95. The van der Waals surface area contributed by atoms with E-state index in [0.717, 1.165) is 0 Å². The van der Waals surface area contributed by atoms with Crippen molar-refractivity contribution in [1.29, 1.82) is 0 Å². The van der Waals surface area contributed by atoms with Crippen molar-refractivity contribution in [2.75, 3.05) is 25.1 Å². The number of nitrogens with one attached hydrogen (secondary N) is 1. The van der Waals surface area contributed by atoms with Crippen LogP contribution in [0.1, 0.15) is 13.8 Å². The van der Waals surface area contributed by atoms with Crippen LogP contribution < -0.4 is 10.1 Å². The number of amides is 1. The first-order chi connectivity index (χ1) is 10.5. The first-order valence-corrected chi connectivity index (χ1v) is 6.57. The summed E-state index contributed by atoms with van der Waals surface area (Å²) in [5, 5.41) is 11.8. The largest absolute Gasteiger partial charge is 0.506 e. The number of aromatic hydroxyl groups is 1. The Morgan fingerprint density at radius 1 is 1.14 bits per heavy atom. The van der Waals surface area contributed by atoms with E-state index in [1.165, 1.54) is 18.2 Å². The maximum absolute atomic E-state index is 11.5. The number of phenols is 1. The molecular formula is C14H17NO7. The van der Waals surface area contributed by atoms with E-state index in [1.54, 1.807) is 13.8 Å². The summed E-state index contributed by atoms with van der Waals surface area (Å²) in [6, 6.07) is 3.92. The van der Waals surface area contributed by atoms with Crippen molar-refractivity contribution in [2.45, 2.75) is 13.8 Å².